The molecule has 5 heterocycles. The van der Waals surface area contributed by atoms with Gasteiger partial charge in [0.05, 0.1) is 33.1 Å². The van der Waals surface area contributed by atoms with Crippen LogP contribution in [0.15, 0.2) is 421 Å². The predicted octanol–water partition coefficient (Wildman–Crippen LogP) is 29.1. The van der Waals surface area contributed by atoms with Crippen molar-refractivity contribution in [3.8, 4) is 72.7 Å². The third-order valence-electron chi connectivity index (χ3n) is 23.7. The summed E-state index contributed by atoms with van der Waals surface area (Å²) >= 11 is 8.92. The highest BCUT2D eigenvalue weighted by atomic mass is 79.9. The minimum absolute atomic E-state index is 0.551. The quantitative estimate of drug-likeness (QED) is 0.139. The number of fused-ring (bicyclic) bond motifs is 21. The van der Waals surface area contributed by atoms with Crippen LogP contribution in [-0.4, -0.2) is 35.9 Å². The first-order valence-electron chi connectivity index (χ1n) is 40.5. The maximum Gasteiger partial charge on any atom is 0.488 e. The second kappa shape index (κ2) is 31.6. The Kier molecular flexibility index (Phi) is 19.5. The van der Waals surface area contributed by atoms with Gasteiger partial charge in [0, 0.05) is 100 Å². The standard InChI is InChI=1S/C31H21N.C30H20N2.C18H12BrN.C18H11BrS.C13H11BO2/c1-2-9-25(10-3-1)32-30-13-7-6-12-27(30)29-20-22(16-17-31(29)32)21-14-15-24-18-23-8-4-5-11-26(23)28(24)19-21;1-2-8-22(9-3-1)32-29-13-7-5-11-24(29)26-19-21(15-17-30(26)32)20-14-16-28-25(18-20)23-10-4-6-12-27(23)31-28;19-13-10-11-18-16(12-13)15-8-4-5-9-17(15)20(18)14-6-2-1-3-7-14;19-14-8-5-12(6-9-14)13-7-10-18-16(11-13)15-3-1-2-4-17(15)20-18;15-14(16)11-6-5-10-7-9-3-1-2-4-12(9)13(10)8-11/h1-17,19-20H,18H2;1-19,31H;1-12H;1-11H;1-6,8,15-16H,7H2. The monoisotopic (exact) mass is 1680 g/mol. The average molecular weight is 1690 g/mol. The molecule has 0 fully saturated rings. The van der Waals surface area contributed by atoms with Gasteiger partial charge in [-0.1, -0.05) is 293 Å². The van der Waals surface area contributed by atoms with E-state index >= 15 is 0 Å². The lowest BCUT2D eigenvalue weighted by Gasteiger charge is -2.09. The van der Waals surface area contributed by atoms with Crippen LogP contribution in [-0.2, 0) is 12.8 Å². The van der Waals surface area contributed by atoms with Gasteiger partial charge in [0.15, 0.2) is 0 Å². The summed E-state index contributed by atoms with van der Waals surface area (Å²) in [6.45, 7) is 0. The number of rotatable bonds is 7. The van der Waals surface area contributed by atoms with Crippen LogP contribution >= 0.6 is 43.2 Å². The molecule has 0 saturated heterocycles. The van der Waals surface area contributed by atoms with Crippen LogP contribution in [0.4, 0.5) is 0 Å². The van der Waals surface area contributed by atoms with Gasteiger partial charge in [-0.15, -0.1) is 11.3 Å². The van der Waals surface area contributed by atoms with Gasteiger partial charge in [-0.25, -0.2) is 0 Å². The first kappa shape index (κ1) is 73.9. The van der Waals surface area contributed by atoms with E-state index in [1.165, 1.54) is 197 Å². The summed E-state index contributed by atoms with van der Waals surface area (Å²) in [5, 5.41) is 31.3. The van der Waals surface area contributed by atoms with Crippen molar-refractivity contribution in [2.24, 2.45) is 0 Å². The molecule has 0 amide bonds. The minimum Gasteiger partial charge on any atom is -0.423 e. The molecule has 2 aliphatic rings. The molecule has 0 saturated carbocycles. The zero-order chi connectivity index (χ0) is 80.3. The molecule has 120 heavy (non-hydrogen) atoms. The van der Waals surface area contributed by atoms with E-state index < -0.39 is 7.12 Å². The first-order chi connectivity index (χ1) is 59.1. The van der Waals surface area contributed by atoms with E-state index in [4.69, 9.17) is 10.0 Å². The minimum atomic E-state index is -1.39. The molecular weight excluding hydrogens is 1610 g/mol. The Balaban J connectivity index is 0.0000000952. The Morgan fingerprint density at radius 3 is 1.16 bits per heavy atom. The highest BCUT2D eigenvalue weighted by Gasteiger charge is 2.24. The van der Waals surface area contributed by atoms with Crippen LogP contribution in [0.25, 0.3) is 180 Å². The van der Waals surface area contributed by atoms with Gasteiger partial charge >= 0.3 is 7.12 Å². The van der Waals surface area contributed by atoms with Crippen molar-refractivity contribution in [2.75, 3.05) is 0 Å². The van der Waals surface area contributed by atoms with Gasteiger partial charge in [0.2, 0.25) is 0 Å². The highest BCUT2D eigenvalue weighted by Crippen LogP contribution is 2.44. The van der Waals surface area contributed by atoms with Crippen molar-refractivity contribution in [3.05, 3.63) is 444 Å². The number of hydrogen-bond donors (Lipinski definition) is 3. The molecule has 570 valence electrons. The van der Waals surface area contributed by atoms with E-state index in [0.717, 1.165) is 27.4 Å². The number of nitrogens with one attached hydrogen (secondary N) is 1. The van der Waals surface area contributed by atoms with Gasteiger partial charge < -0.3 is 28.7 Å². The molecule has 25 rings (SSSR count). The van der Waals surface area contributed by atoms with Crippen molar-refractivity contribution < 1.29 is 10.0 Å². The Morgan fingerprint density at radius 1 is 0.242 bits per heavy atom. The highest BCUT2D eigenvalue weighted by molar-refractivity contribution is 9.10. The third kappa shape index (κ3) is 13.8. The molecule has 23 aromatic rings. The molecule has 18 aromatic carbocycles. The largest absolute Gasteiger partial charge is 0.488 e. The van der Waals surface area contributed by atoms with Gasteiger partial charge in [0.25, 0.3) is 0 Å². The number of thiophene rings is 1. The molecule has 0 radical (unpaired) electrons. The molecule has 5 aromatic heterocycles. The predicted molar refractivity (Wildman–Crippen MR) is 515 cm³/mol. The van der Waals surface area contributed by atoms with E-state index in [2.05, 4.69) is 427 Å². The maximum atomic E-state index is 9.16. The number of nitrogens with zero attached hydrogens (tertiary/aromatic N) is 3. The van der Waals surface area contributed by atoms with Crippen molar-refractivity contribution in [1.82, 2.24) is 18.7 Å². The van der Waals surface area contributed by atoms with E-state index in [9.17, 15) is 0 Å². The number of aromatic amines is 1. The van der Waals surface area contributed by atoms with E-state index in [1.807, 2.05) is 41.7 Å². The summed E-state index contributed by atoms with van der Waals surface area (Å²) < 4.78 is 12.0. The number of aromatic nitrogens is 4. The Bertz CT molecular complexity index is 7860. The van der Waals surface area contributed by atoms with Crippen molar-refractivity contribution in [3.63, 3.8) is 0 Å². The number of H-pyrrole nitrogens is 1. The van der Waals surface area contributed by atoms with Crippen LogP contribution < -0.4 is 5.46 Å². The van der Waals surface area contributed by atoms with Gasteiger partial charge in [-0.3, -0.25) is 0 Å². The number of halogens is 2. The lowest BCUT2D eigenvalue weighted by atomic mass is 9.79. The fourth-order valence-corrected chi connectivity index (χ4v) is 19.7. The van der Waals surface area contributed by atoms with Gasteiger partial charge in [-0.2, -0.15) is 0 Å². The summed E-state index contributed by atoms with van der Waals surface area (Å²) in [6.07, 6.45) is 1.97. The van der Waals surface area contributed by atoms with E-state index in [1.54, 1.807) is 6.07 Å². The summed E-state index contributed by atoms with van der Waals surface area (Å²) in [7, 11) is -1.39. The lowest BCUT2D eigenvalue weighted by Crippen LogP contribution is -2.29. The molecule has 3 N–H and O–H groups in total. The molecule has 0 unspecified atom stereocenters. The van der Waals surface area contributed by atoms with Crippen LogP contribution in [0.1, 0.15) is 22.3 Å². The Morgan fingerprint density at radius 2 is 0.600 bits per heavy atom. The molecule has 0 aliphatic heterocycles. The molecule has 6 nitrogen and oxygen atoms in total. The van der Waals surface area contributed by atoms with Gasteiger partial charge in [0.1, 0.15) is 0 Å². The Labute approximate surface area is 715 Å². The number of benzene rings is 18. The second-order valence-electron chi connectivity index (χ2n) is 30.8. The van der Waals surface area contributed by atoms with Crippen molar-refractivity contribution in [1.29, 1.82) is 0 Å². The van der Waals surface area contributed by atoms with Crippen LogP contribution in [0.5, 0.6) is 0 Å². The summed E-state index contributed by atoms with van der Waals surface area (Å²) in [5.74, 6) is 0. The van der Waals surface area contributed by atoms with E-state index in [0.29, 0.717) is 5.46 Å². The second-order valence-corrected chi connectivity index (χ2v) is 33.7. The zero-order valence-electron chi connectivity index (χ0n) is 65.2. The summed E-state index contributed by atoms with van der Waals surface area (Å²) in [5.41, 5.74) is 32.0. The van der Waals surface area contributed by atoms with Gasteiger partial charge in [-0.05, 0) is 248 Å². The normalized spacial score (nSPS) is 11.8. The van der Waals surface area contributed by atoms with Crippen LogP contribution in [0.3, 0.4) is 0 Å². The number of para-hydroxylation sites is 7. The Hall–Kier alpha value is -13.7. The lowest BCUT2D eigenvalue weighted by molar-refractivity contribution is 0.426. The van der Waals surface area contributed by atoms with Crippen molar-refractivity contribution >= 4 is 163 Å². The summed E-state index contributed by atoms with van der Waals surface area (Å²) in [4.78, 5) is 3.53. The fourth-order valence-electron chi connectivity index (χ4n) is 18.0. The SMILES string of the molecule is Brc1ccc(-c2ccc3sc4ccccc4c3c2)cc1.Brc1ccc2c(c1)c1ccccc1n2-c1ccccc1.OB(O)c1ccc2c(c1)-c1ccccc1C2.c1ccc(-n2c3ccccc3c3cc(-c4ccc5[nH]c6ccccc6c5c4)ccc32)cc1.c1ccc(-n2c3ccccc3c3cc(-c4ccc5c(c4)-c4ccccc4C5)ccc32)cc1. The summed E-state index contributed by atoms with van der Waals surface area (Å²) in [6, 6.07) is 147. The molecule has 2 aliphatic carbocycles. The third-order valence-corrected chi connectivity index (χ3v) is 25.8. The fraction of sp³-hybridized carbons (Fsp3) is 0.0182. The zero-order valence-corrected chi connectivity index (χ0v) is 69.1. The first-order valence-corrected chi connectivity index (χ1v) is 42.9. The number of hydrogen-bond acceptors (Lipinski definition) is 3. The van der Waals surface area contributed by atoms with Crippen LogP contribution in [0, 0.1) is 0 Å². The molecule has 0 spiro atoms. The topological polar surface area (TPSA) is 71.0 Å². The van der Waals surface area contributed by atoms with Crippen molar-refractivity contribution in [2.45, 2.75) is 12.8 Å². The maximum absolute atomic E-state index is 9.16. The molecule has 10 heteroatoms. The molecular formula is C110H75BBr2N4O2S. The smallest absolute Gasteiger partial charge is 0.423 e. The molecule has 0 atom stereocenters. The average Bonchev–Trinajstić information content (AvgIpc) is 1.60. The molecule has 0 bridgehead atoms. The van der Waals surface area contributed by atoms with Crippen LogP contribution in [0.2, 0.25) is 0 Å². The van der Waals surface area contributed by atoms with E-state index in [-0.39, 0.29) is 0 Å².